The number of nitro groups is 1. The first-order valence-electron chi connectivity index (χ1n) is 7.11. The number of para-hydroxylation sites is 2. The van der Waals surface area contributed by atoms with Gasteiger partial charge in [0, 0.05) is 18.1 Å². The normalized spacial score (nSPS) is 10.1. The van der Waals surface area contributed by atoms with Gasteiger partial charge in [0.25, 0.3) is 5.69 Å². The molecule has 0 heterocycles. The number of rotatable bonds is 6. The molecule has 0 aliphatic heterocycles. The van der Waals surface area contributed by atoms with Crippen molar-refractivity contribution in [3.05, 3.63) is 63.7 Å². The van der Waals surface area contributed by atoms with Gasteiger partial charge in [0.1, 0.15) is 18.0 Å². The van der Waals surface area contributed by atoms with Crippen LogP contribution in [0.1, 0.15) is 0 Å². The van der Waals surface area contributed by atoms with Crippen LogP contribution in [0.4, 0.5) is 16.2 Å². The molecule has 0 fully saturated rings. The smallest absolute Gasteiger partial charge is 0.321 e. The number of likely N-dealkylation sites (N-methyl/N-ethyl adjacent to an activating group) is 1. The van der Waals surface area contributed by atoms with E-state index in [1.807, 2.05) is 0 Å². The molecule has 0 saturated heterocycles. The lowest BCUT2D eigenvalue weighted by atomic mass is 10.3. The second-order valence-electron chi connectivity index (χ2n) is 4.93. The van der Waals surface area contributed by atoms with E-state index in [1.165, 1.54) is 23.1 Å². The Bertz CT molecular complexity index is 739. The van der Waals surface area contributed by atoms with Gasteiger partial charge in [-0.15, -0.1) is 0 Å². The van der Waals surface area contributed by atoms with E-state index in [0.29, 0.717) is 17.3 Å². The van der Waals surface area contributed by atoms with Crippen LogP contribution in [0.25, 0.3) is 0 Å². The summed E-state index contributed by atoms with van der Waals surface area (Å²) in [7, 11) is 1.57. The number of nitrogens with one attached hydrogen (secondary N) is 1. The van der Waals surface area contributed by atoms with Crippen molar-refractivity contribution >= 4 is 29.0 Å². The van der Waals surface area contributed by atoms with Crippen LogP contribution in [0.3, 0.4) is 0 Å². The molecule has 24 heavy (non-hydrogen) atoms. The van der Waals surface area contributed by atoms with Gasteiger partial charge >= 0.3 is 6.03 Å². The van der Waals surface area contributed by atoms with E-state index in [-0.39, 0.29) is 18.0 Å². The SMILES string of the molecule is CN(CCOc1cccc(Cl)c1)C(=O)Nc1ccccc1[N+](=O)[O-]. The van der Waals surface area contributed by atoms with Gasteiger partial charge in [0.15, 0.2) is 0 Å². The monoisotopic (exact) mass is 349 g/mol. The number of carbonyl (C=O) groups is 1. The molecule has 0 aliphatic rings. The molecule has 126 valence electrons. The van der Waals surface area contributed by atoms with Gasteiger partial charge in [-0.2, -0.15) is 0 Å². The number of ether oxygens (including phenoxy) is 1. The molecule has 2 aromatic rings. The Balaban J connectivity index is 1.87. The third-order valence-corrected chi connectivity index (χ3v) is 3.42. The van der Waals surface area contributed by atoms with Crippen molar-refractivity contribution < 1.29 is 14.5 Å². The maximum absolute atomic E-state index is 12.1. The van der Waals surface area contributed by atoms with Crippen molar-refractivity contribution in [3.63, 3.8) is 0 Å². The Morgan fingerprint density at radius 1 is 1.29 bits per heavy atom. The van der Waals surface area contributed by atoms with Crippen molar-refractivity contribution in [2.45, 2.75) is 0 Å². The average molecular weight is 350 g/mol. The molecule has 7 nitrogen and oxygen atoms in total. The van der Waals surface area contributed by atoms with E-state index in [4.69, 9.17) is 16.3 Å². The average Bonchev–Trinajstić information content (AvgIpc) is 2.55. The molecule has 0 atom stereocenters. The highest BCUT2D eigenvalue weighted by Crippen LogP contribution is 2.23. The quantitative estimate of drug-likeness (QED) is 0.635. The van der Waals surface area contributed by atoms with Crippen LogP contribution < -0.4 is 10.1 Å². The molecule has 0 saturated carbocycles. The summed E-state index contributed by atoms with van der Waals surface area (Å²) in [5.74, 6) is 0.606. The van der Waals surface area contributed by atoms with Crippen LogP contribution in [-0.2, 0) is 0 Å². The van der Waals surface area contributed by atoms with E-state index < -0.39 is 11.0 Å². The third-order valence-electron chi connectivity index (χ3n) is 3.18. The fourth-order valence-electron chi connectivity index (χ4n) is 1.91. The van der Waals surface area contributed by atoms with Crippen LogP contribution in [0.5, 0.6) is 5.75 Å². The summed E-state index contributed by atoms with van der Waals surface area (Å²) in [6.07, 6.45) is 0. The number of hydrogen-bond donors (Lipinski definition) is 1. The molecule has 0 spiro atoms. The minimum absolute atomic E-state index is 0.148. The molecule has 0 bridgehead atoms. The minimum atomic E-state index is -0.544. The number of amides is 2. The number of urea groups is 1. The molecule has 0 aromatic heterocycles. The predicted molar refractivity (Wildman–Crippen MR) is 91.7 cm³/mol. The lowest BCUT2D eigenvalue weighted by Gasteiger charge is -2.18. The number of hydrogen-bond acceptors (Lipinski definition) is 4. The van der Waals surface area contributed by atoms with E-state index in [2.05, 4.69) is 5.32 Å². The summed E-state index contributed by atoms with van der Waals surface area (Å²) in [4.78, 5) is 23.9. The zero-order chi connectivity index (χ0) is 17.5. The number of benzene rings is 2. The fourth-order valence-corrected chi connectivity index (χ4v) is 2.09. The van der Waals surface area contributed by atoms with Crippen LogP contribution in [-0.4, -0.2) is 36.1 Å². The molecule has 0 aliphatic carbocycles. The molecular formula is C16H16ClN3O4. The minimum Gasteiger partial charge on any atom is -0.492 e. The molecular weight excluding hydrogens is 334 g/mol. The molecule has 8 heteroatoms. The van der Waals surface area contributed by atoms with Gasteiger partial charge in [0.05, 0.1) is 11.5 Å². The predicted octanol–water partition coefficient (Wildman–Crippen LogP) is 3.79. The van der Waals surface area contributed by atoms with Crippen LogP contribution >= 0.6 is 11.6 Å². The Morgan fingerprint density at radius 3 is 2.75 bits per heavy atom. The maximum atomic E-state index is 12.1. The van der Waals surface area contributed by atoms with Gasteiger partial charge in [-0.25, -0.2) is 4.79 Å². The molecule has 2 rings (SSSR count). The maximum Gasteiger partial charge on any atom is 0.321 e. The first kappa shape index (κ1) is 17.6. The Labute approximate surface area is 143 Å². The van der Waals surface area contributed by atoms with Crippen LogP contribution in [0.2, 0.25) is 5.02 Å². The van der Waals surface area contributed by atoms with E-state index in [1.54, 1.807) is 37.4 Å². The zero-order valence-electron chi connectivity index (χ0n) is 12.9. The lowest BCUT2D eigenvalue weighted by Crippen LogP contribution is -2.34. The summed E-state index contributed by atoms with van der Waals surface area (Å²) in [5, 5.41) is 14.0. The number of carbonyl (C=O) groups excluding carboxylic acids is 1. The van der Waals surface area contributed by atoms with E-state index >= 15 is 0 Å². The Morgan fingerprint density at radius 2 is 2.04 bits per heavy atom. The number of halogens is 1. The van der Waals surface area contributed by atoms with Gasteiger partial charge in [-0.3, -0.25) is 10.1 Å². The molecule has 0 unspecified atom stereocenters. The van der Waals surface area contributed by atoms with Gasteiger partial charge in [-0.05, 0) is 24.3 Å². The summed E-state index contributed by atoms with van der Waals surface area (Å²) in [5.41, 5.74) is -0.00969. The number of nitro benzene ring substituents is 1. The van der Waals surface area contributed by atoms with Crippen molar-refractivity contribution in [2.75, 3.05) is 25.5 Å². The molecule has 2 amide bonds. The van der Waals surface area contributed by atoms with E-state index in [0.717, 1.165) is 0 Å². The molecule has 0 radical (unpaired) electrons. The van der Waals surface area contributed by atoms with Crippen LogP contribution in [0, 0.1) is 10.1 Å². The van der Waals surface area contributed by atoms with Crippen LogP contribution in [0.15, 0.2) is 48.5 Å². The number of anilines is 1. The van der Waals surface area contributed by atoms with E-state index in [9.17, 15) is 14.9 Å². The second kappa shape index (κ2) is 8.16. The van der Waals surface area contributed by atoms with Crippen molar-refractivity contribution in [2.24, 2.45) is 0 Å². The summed E-state index contributed by atoms with van der Waals surface area (Å²) in [6, 6.07) is 12.4. The van der Waals surface area contributed by atoms with Crippen molar-refractivity contribution in [1.29, 1.82) is 0 Å². The number of nitrogens with zero attached hydrogens (tertiary/aromatic N) is 2. The fraction of sp³-hybridized carbons (Fsp3) is 0.188. The second-order valence-corrected chi connectivity index (χ2v) is 5.37. The summed E-state index contributed by atoms with van der Waals surface area (Å²) in [6.45, 7) is 0.570. The zero-order valence-corrected chi connectivity index (χ0v) is 13.7. The highest BCUT2D eigenvalue weighted by molar-refractivity contribution is 6.30. The topological polar surface area (TPSA) is 84.7 Å². The Kier molecular flexibility index (Phi) is 5.97. The van der Waals surface area contributed by atoms with Gasteiger partial charge < -0.3 is 15.0 Å². The van der Waals surface area contributed by atoms with Crippen molar-refractivity contribution in [3.8, 4) is 5.75 Å². The standard InChI is InChI=1S/C16H16ClN3O4/c1-19(9-10-24-13-6-4-5-12(17)11-13)16(21)18-14-7-2-3-8-15(14)20(22)23/h2-8,11H,9-10H2,1H3,(H,18,21). The molecule has 2 aromatic carbocycles. The largest absolute Gasteiger partial charge is 0.492 e. The Hall–Kier alpha value is -2.80. The van der Waals surface area contributed by atoms with Crippen molar-refractivity contribution in [1.82, 2.24) is 4.90 Å². The van der Waals surface area contributed by atoms with Gasteiger partial charge in [0.2, 0.25) is 0 Å². The summed E-state index contributed by atoms with van der Waals surface area (Å²) >= 11 is 5.86. The van der Waals surface area contributed by atoms with Gasteiger partial charge in [-0.1, -0.05) is 29.8 Å². The highest BCUT2D eigenvalue weighted by atomic mass is 35.5. The molecule has 1 N–H and O–H groups in total. The third kappa shape index (κ3) is 4.85. The lowest BCUT2D eigenvalue weighted by molar-refractivity contribution is -0.383. The first-order valence-corrected chi connectivity index (χ1v) is 7.49. The highest BCUT2D eigenvalue weighted by Gasteiger charge is 2.16. The first-order chi connectivity index (χ1) is 11.5. The summed E-state index contributed by atoms with van der Waals surface area (Å²) < 4.78 is 5.51.